The Balaban J connectivity index is 0.000000383. The molecule has 0 aliphatic heterocycles. The normalized spacial score (nSPS) is 10.8. The Bertz CT molecular complexity index is 1160. The molecule has 36 heavy (non-hydrogen) atoms. The fraction of sp³-hybridized carbons (Fsp3) is 0.200. The number of benzene rings is 1. The summed E-state index contributed by atoms with van der Waals surface area (Å²) < 4.78 is 80.0. The molecule has 0 saturated carbocycles. The number of carbonyl (C=O) groups is 2. The largest absolute Gasteiger partial charge is 0.493 e. The van der Waals surface area contributed by atoms with Gasteiger partial charge in [0.05, 0.1) is 25.9 Å². The molecule has 1 aromatic carbocycles. The average molecular weight is 525 g/mol. The smallest absolute Gasteiger partial charge is 0.490 e. The number of nitrogens with two attached hydrogens (primary N) is 1. The molecule has 0 fully saturated rings. The summed E-state index contributed by atoms with van der Waals surface area (Å²) in [4.78, 5) is 26.1. The number of hydrogen-bond donors (Lipinski definition) is 3. The van der Waals surface area contributed by atoms with Crippen molar-refractivity contribution in [1.29, 1.82) is 0 Å². The molecule has 2 heterocycles. The van der Waals surface area contributed by atoms with Crippen molar-refractivity contribution in [2.75, 3.05) is 20.0 Å². The van der Waals surface area contributed by atoms with Crippen LogP contribution in [-0.4, -0.2) is 58.7 Å². The highest BCUT2D eigenvalue weighted by Gasteiger charge is 2.38. The number of halogens is 6. The van der Waals surface area contributed by atoms with E-state index in [2.05, 4.69) is 9.97 Å². The SMILES string of the molecule is COc1cc2nccc(Oc3ccc(N)nc3)c2cc1OC.O=C(O)C(F)(F)F.O=C(O)C(F)(F)F. The Kier molecular flexibility index (Phi) is 10.1. The predicted molar refractivity (Wildman–Crippen MR) is 111 cm³/mol. The predicted octanol–water partition coefficient (Wildman–Crippen LogP) is 4.29. The van der Waals surface area contributed by atoms with Crippen LogP contribution in [0.1, 0.15) is 0 Å². The molecule has 0 unspecified atom stereocenters. The quantitative estimate of drug-likeness (QED) is 0.420. The highest BCUT2D eigenvalue weighted by molar-refractivity contribution is 5.88. The zero-order valence-corrected chi connectivity index (χ0v) is 18.2. The van der Waals surface area contributed by atoms with Crippen LogP contribution in [0.3, 0.4) is 0 Å². The van der Waals surface area contributed by atoms with Crippen molar-refractivity contribution in [2.24, 2.45) is 0 Å². The van der Waals surface area contributed by atoms with E-state index in [9.17, 15) is 26.3 Å². The lowest BCUT2D eigenvalue weighted by atomic mass is 10.2. The molecule has 0 atom stereocenters. The molecule has 10 nitrogen and oxygen atoms in total. The molecule has 16 heteroatoms. The summed E-state index contributed by atoms with van der Waals surface area (Å²) in [7, 11) is 3.18. The number of hydrogen-bond acceptors (Lipinski definition) is 8. The van der Waals surface area contributed by atoms with Gasteiger partial charge in [0, 0.05) is 17.6 Å². The van der Waals surface area contributed by atoms with Gasteiger partial charge in [0.15, 0.2) is 11.5 Å². The van der Waals surface area contributed by atoms with Crippen molar-refractivity contribution in [3.63, 3.8) is 0 Å². The van der Waals surface area contributed by atoms with Gasteiger partial charge in [-0.05, 0) is 24.3 Å². The number of nitrogens with zero attached hydrogens (tertiary/aromatic N) is 2. The fourth-order valence-electron chi connectivity index (χ4n) is 2.12. The third-order valence-electron chi connectivity index (χ3n) is 3.68. The number of pyridine rings is 2. The summed E-state index contributed by atoms with van der Waals surface area (Å²) in [6, 6.07) is 8.87. The molecule has 4 N–H and O–H groups in total. The van der Waals surface area contributed by atoms with Crippen LogP contribution < -0.4 is 19.9 Å². The van der Waals surface area contributed by atoms with Crippen LogP contribution in [0.2, 0.25) is 0 Å². The molecule has 0 amide bonds. The van der Waals surface area contributed by atoms with Gasteiger partial charge >= 0.3 is 24.3 Å². The third kappa shape index (κ3) is 9.03. The van der Waals surface area contributed by atoms with Crippen molar-refractivity contribution in [1.82, 2.24) is 9.97 Å². The van der Waals surface area contributed by atoms with Gasteiger partial charge in [0.25, 0.3) is 0 Å². The van der Waals surface area contributed by atoms with Gasteiger partial charge in [-0.25, -0.2) is 14.6 Å². The van der Waals surface area contributed by atoms with Crippen molar-refractivity contribution in [2.45, 2.75) is 12.4 Å². The van der Waals surface area contributed by atoms with Gasteiger partial charge in [-0.15, -0.1) is 0 Å². The van der Waals surface area contributed by atoms with E-state index in [-0.39, 0.29) is 0 Å². The topological polar surface area (TPSA) is 154 Å². The number of anilines is 1. The van der Waals surface area contributed by atoms with Gasteiger partial charge in [0.2, 0.25) is 0 Å². The van der Waals surface area contributed by atoms with Gasteiger partial charge in [0.1, 0.15) is 17.3 Å². The minimum absolute atomic E-state index is 0.443. The summed E-state index contributed by atoms with van der Waals surface area (Å²) in [5, 5.41) is 15.1. The standard InChI is InChI=1S/C16H15N3O3.2C2HF3O2/c1-20-14-7-11-12(8-15(14)21-2)18-6-5-13(11)22-10-3-4-16(17)19-9-10;2*3-2(4,5)1(6)7/h3-9H,1-2H3,(H2,17,19);2*(H,6,7). The van der Waals surface area contributed by atoms with E-state index < -0.39 is 24.3 Å². The number of ether oxygens (including phenoxy) is 3. The van der Waals surface area contributed by atoms with E-state index in [4.69, 9.17) is 39.7 Å². The molecule has 3 aromatic rings. The number of methoxy groups -OCH3 is 2. The van der Waals surface area contributed by atoms with Crippen molar-refractivity contribution < 1.29 is 60.4 Å². The number of carboxylic acid groups (broad SMARTS) is 2. The summed E-state index contributed by atoms with van der Waals surface area (Å²) >= 11 is 0. The molecule has 0 aliphatic carbocycles. The minimum Gasteiger partial charge on any atom is -0.493 e. The number of rotatable bonds is 4. The number of nitrogen functional groups attached to an aromatic ring is 1. The van der Waals surface area contributed by atoms with Crippen LogP contribution in [0.5, 0.6) is 23.0 Å². The van der Waals surface area contributed by atoms with E-state index in [1.54, 1.807) is 44.8 Å². The second-order valence-electron chi connectivity index (χ2n) is 6.16. The number of aliphatic carboxylic acids is 2. The molecular formula is C20H17F6N3O7. The summed E-state index contributed by atoms with van der Waals surface area (Å²) in [5.74, 6) is -2.59. The number of fused-ring (bicyclic) bond motifs is 1. The average Bonchev–Trinajstić information content (AvgIpc) is 2.79. The second-order valence-corrected chi connectivity index (χ2v) is 6.16. The maximum absolute atomic E-state index is 10.6. The molecule has 0 spiro atoms. The number of alkyl halides is 6. The van der Waals surface area contributed by atoms with E-state index in [1.165, 1.54) is 0 Å². The molecule has 2 aromatic heterocycles. The molecule has 0 aliphatic rings. The fourth-order valence-corrected chi connectivity index (χ4v) is 2.12. The van der Waals surface area contributed by atoms with Gasteiger partial charge in [-0.1, -0.05) is 0 Å². The molecule has 196 valence electrons. The molecule has 0 saturated heterocycles. The first-order valence-corrected chi connectivity index (χ1v) is 9.10. The van der Waals surface area contributed by atoms with Crippen molar-refractivity contribution in [3.05, 3.63) is 42.7 Å². The Morgan fingerprint density at radius 2 is 1.33 bits per heavy atom. The van der Waals surface area contributed by atoms with Crippen molar-refractivity contribution in [3.8, 4) is 23.0 Å². The molecular weight excluding hydrogens is 508 g/mol. The lowest BCUT2D eigenvalue weighted by Crippen LogP contribution is -2.21. The lowest BCUT2D eigenvalue weighted by Gasteiger charge is -2.12. The Morgan fingerprint density at radius 3 is 1.75 bits per heavy atom. The van der Waals surface area contributed by atoms with Gasteiger partial charge in [-0.2, -0.15) is 26.3 Å². The minimum atomic E-state index is -5.08. The second kappa shape index (κ2) is 12.3. The first kappa shape index (κ1) is 29.5. The monoisotopic (exact) mass is 525 g/mol. The summed E-state index contributed by atoms with van der Waals surface area (Å²) in [6.45, 7) is 0. The van der Waals surface area contributed by atoms with E-state index in [0.717, 1.165) is 10.9 Å². The van der Waals surface area contributed by atoms with E-state index >= 15 is 0 Å². The first-order chi connectivity index (χ1) is 16.6. The zero-order chi connectivity index (χ0) is 27.7. The van der Waals surface area contributed by atoms with Gasteiger partial charge in [-0.3, -0.25) is 4.98 Å². The third-order valence-corrected chi connectivity index (χ3v) is 3.68. The van der Waals surface area contributed by atoms with Crippen LogP contribution in [-0.2, 0) is 9.59 Å². The maximum Gasteiger partial charge on any atom is 0.490 e. The van der Waals surface area contributed by atoms with Crippen LogP contribution in [0.25, 0.3) is 10.9 Å². The van der Waals surface area contributed by atoms with Crippen molar-refractivity contribution >= 4 is 28.7 Å². The summed E-state index contributed by atoms with van der Waals surface area (Å²) in [5.41, 5.74) is 6.32. The van der Waals surface area contributed by atoms with E-state index in [0.29, 0.717) is 28.8 Å². The van der Waals surface area contributed by atoms with E-state index in [1.807, 2.05) is 12.1 Å². The Labute approximate surface area is 197 Å². The van der Waals surface area contributed by atoms with Gasteiger partial charge < -0.3 is 30.2 Å². The highest BCUT2D eigenvalue weighted by atomic mass is 19.4. The van der Waals surface area contributed by atoms with Crippen LogP contribution in [0.15, 0.2) is 42.7 Å². The molecule has 3 rings (SSSR count). The molecule has 0 bridgehead atoms. The number of aromatic nitrogens is 2. The summed E-state index contributed by atoms with van der Waals surface area (Å²) in [6.07, 6.45) is -6.92. The highest BCUT2D eigenvalue weighted by Crippen LogP contribution is 2.36. The zero-order valence-electron chi connectivity index (χ0n) is 18.2. The lowest BCUT2D eigenvalue weighted by molar-refractivity contribution is -0.193. The Morgan fingerprint density at radius 1 is 0.833 bits per heavy atom. The number of carboxylic acids is 2. The first-order valence-electron chi connectivity index (χ1n) is 9.10. The Hall–Kier alpha value is -4.50. The van der Waals surface area contributed by atoms with Crippen LogP contribution >= 0.6 is 0 Å². The van der Waals surface area contributed by atoms with Crippen LogP contribution in [0.4, 0.5) is 32.2 Å². The molecule has 0 radical (unpaired) electrons. The maximum atomic E-state index is 10.6. The van der Waals surface area contributed by atoms with Crippen LogP contribution in [0, 0.1) is 0 Å².